The molecular formula is C21H17ClN2O3S. The minimum absolute atomic E-state index is 0.238. The third-order valence-electron chi connectivity index (χ3n) is 4.68. The molecule has 0 saturated heterocycles. The van der Waals surface area contributed by atoms with E-state index in [1.165, 1.54) is 11.8 Å². The Kier molecular flexibility index (Phi) is 4.91. The maximum atomic E-state index is 12.1. The second kappa shape index (κ2) is 7.37. The molecule has 0 bridgehead atoms. The van der Waals surface area contributed by atoms with Crippen molar-refractivity contribution < 1.29 is 14.6 Å². The maximum Gasteiger partial charge on any atom is 0.335 e. The van der Waals surface area contributed by atoms with Crippen LogP contribution in [0.25, 0.3) is 4.91 Å². The van der Waals surface area contributed by atoms with Crippen molar-refractivity contribution in [1.29, 1.82) is 0 Å². The lowest BCUT2D eigenvalue weighted by Gasteiger charge is -2.33. The molecule has 5 nitrogen and oxygen atoms in total. The zero-order chi connectivity index (χ0) is 19.8. The Morgan fingerprint density at radius 2 is 1.93 bits per heavy atom. The molecule has 142 valence electrons. The number of carbonyl (C=O) groups is 1. The molecule has 1 N–H and O–H groups in total. The van der Waals surface area contributed by atoms with Crippen LogP contribution in [0.1, 0.15) is 24.1 Å². The number of nitrogens with zero attached hydrogens (tertiary/aromatic N) is 2. The first kappa shape index (κ1) is 18.7. The average molecular weight is 413 g/mol. The molecule has 28 heavy (non-hydrogen) atoms. The highest BCUT2D eigenvalue weighted by molar-refractivity contribution is 8.22. The van der Waals surface area contributed by atoms with E-state index in [0.717, 1.165) is 21.2 Å². The zero-order valence-electron chi connectivity index (χ0n) is 15.2. The Hall–Kier alpha value is -2.70. The maximum absolute atomic E-state index is 12.1. The van der Waals surface area contributed by atoms with Crippen molar-refractivity contribution >= 4 is 39.4 Å². The van der Waals surface area contributed by atoms with Gasteiger partial charge in [0, 0.05) is 21.7 Å². The van der Waals surface area contributed by atoms with Crippen LogP contribution in [0.3, 0.4) is 0 Å². The van der Waals surface area contributed by atoms with Gasteiger partial charge in [-0.3, -0.25) is 0 Å². The minimum atomic E-state index is -0.991. The SMILES string of the molecule is COc1ccccc1[C@H]1C(C(=O)O)=C(C)N=C2SC(c3ccc(Cl)cc3)=CN21. The summed E-state index contributed by atoms with van der Waals surface area (Å²) >= 11 is 7.51. The van der Waals surface area contributed by atoms with E-state index in [-0.39, 0.29) is 5.57 Å². The number of methoxy groups -OCH3 is 1. The number of aliphatic carboxylic acids is 1. The molecule has 0 aliphatic carbocycles. The van der Waals surface area contributed by atoms with Gasteiger partial charge in [0.05, 0.1) is 24.4 Å². The average Bonchev–Trinajstić information content (AvgIpc) is 3.10. The number of carboxylic acids is 1. The first-order chi connectivity index (χ1) is 13.5. The zero-order valence-corrected chi connectivity index (χ0v) is 16.8. The van der Waals surface area contributed by atoms with Crippen LogP contribution >= 0.6 is 23.4 Å². The van der Waals surface area contributed by atoms with E-state index < -0.39 is 12.0 Å². The number of rotatable bonds is 4. The number of allylic oxidation sites excluding steroid dienone is 1. The van der Waals surface area contributed by atoms with Gasteiger partial charge in [-0.15, -0.1) is 0 Å². The number of para-hydroxylation sites is 1. The molecule has 2 aliphatic heterocycles. The summed E-state index contributed by atoms with van der Waals surface area (Å²) in [4.78, 5) is 19.5. The summed E-state index contributed by atoms with van der Waals surface area (Å²) < 4.78 is 5.51. The predicted molar refractivity (Wildman–Crippen MR) is 112 cm³/mol. The number of fused-ring (bicyclic) bond motifs is 1. The van der Waals surface area contributed by atoms with E-state index in [1.807, 2.05) is 59.6 Å². The van der Waals surface area contributed by atoms with Crippen LogP contribution in [-0.2, 0) is 4.79 Å². The fourth-order valence-electron chi connectivity index (χ4n) is 3.38. The molecular weight excluding hydrogens is 396 g/mol. The molecule has 0 unspecified atom stereocenters. The number of benzene rings is 2. The molecule has 2 heterocycles. The molecule has 2 aliphatic rings. The molecule has 2 aromatic carbocycles. The Labute approximate surface area is 172 Å². The lowest BCUT2D eigenvalue weighted by Crippen LogP contribution is -2.33. The molecule has 2 aromatic rings. The quantitative estimate of drug-likeness (QED) is 0.751. The minimum Gasteiger partial charge on any atom is -0.496 e. The lowest BCUT2D eigenvalue weighted by molar-refractivity contribution is -0.133. The van der Waals surface area contributed by atoms with E-state index in [9.17, 15) is 9.90 Å². The van der Waals surface area contributed by atoms with E-state index in [4.69, 9.17) is 16.3 Å². The van der Waals surface area contributed by atoms with E-state index in [2.05, 4.69) is 4.99 Å². The smallest absolute Gasteiger partial charge is 0.335 e. The number of aliphatic imine (C=N–C) groups is 1. The highest BCUT2D eigenvalue weighted by Crippen LogP contribution is 2.47. The highest BCUT2D eigenvalue weighted by atomic mass is 35.5. The molecule has 0 saturated carbocycles. The molecule has 4 rings (SSSR count). The molecule has 0 aromatic heterocycles. The predicted octanol–water partition coefficient (Wildman–Crippen LogP) is 5.17. The standard InChI is InChI=1S/C21H17ClN2O3S/c1-12-18(20(25)26)19(15-5-3-4-6-16(15)27-2)24-11-17(28-21(24)23-12)13-7-9-14(22)10-8-13/h3-11,19H,1-2H3,(H,25,26)/t19-/m0/s1. The van der Waals surface area contributed by atoms with Gasteiger partial charge in [0.1, 0.15) is 5.75 Å². The van der Waals surface area contributed by atoms with Crippen molar-refractivity contribution in [1.82, 2.24) is 4.90 Å². The van der Waals surface area contributed by atoms with Gasteiger partial charge >= 0.3 is 5.97 Å². The monoisotopic (exact) mass is 412 g/mol. The summed E-state index contributed by atoms with van der Waals surface area (Å²) in [6.45, 7) is 1.73. The Morgan fingerprint density at radius 3 is 2.61 bits per heavy atom. The molecule has 0 fully saturated rings. The lowest BCUT2D eigenvalue weighted by atomic mass is 9.94. The second-order valence-electron chi connectivity index (χ2n) is 6.35. The summed E-state index contributed by atoms with van der Waals surface area (Å²) in [7, 11) is 1.58. The van der Waals surface area contributed by atoms with Crippen LogP contribution in [0.4, 0.5) is 0 Å². The van der Waals surface area contributed by atoms with Crippen LogP contribution in [-0.4, -0.2) is 28.3 Å². The van der Waals surface area contributed by atoms with Crippen LogP contribution in [0.15, 0.2) is 71.0 Å². The summed E-state index contributed by atoms with van der Waals surface area (Å²) in [6, 6.07) is 14.5. The summed E-state index contributed by atoms with van der Waals surface area (Å²) in [5.74, 6) is -0.354. The van der Waals surface area contributed by atoms with E-state index in [0.29, 0.717) is 16.5 Å². The Morgan fingerprint density at radius 1 is 1.21 bits per heavy atom. The number of thioether (sulfide) groups is 1. The van der Waals surface area contributed by atoms with Crippen molar-refractivity contribution in [3.63, 3.8) is 0 Å². The van der Waals surface area contributed by atoms with Gasteiger partial charge in [-0.25, -0.2) is 9.79 Å². The van der Waals surface area contributed by atoms with Gasteiger partial charge in [-0.1, -0.05) is 41.9 Å². The van der Waals surface area contributed by atoms with Crippen LogP contribution < -0.4 is 4.74 Å². The summed E-state index contributed by atoms with van der Waals surface area (Å²) in [5, 5.41) is 11.3. The molecule has 1 atom stereocenters. The third-order valence-corrected chi connectivity index (χ3v) is 5.97. The topological polar surface area (TPSA) is 62.1 Å². The van der Waals surface area contributed by atoms with Gasteiger partial charge in [0.25, 0.3) is 0 Å². The normalized spacial score (nSPS) is 18.5. The second-order valence-corrected chi connectivity index (χ2v) is 7.80. The molecule has 7 heteroatoms. The number of hydrogen-bond acceptors (Lipinski definition) is 5. The van der Waals surface area contributed by atoms with Crippen molar-refractivity contribution in [3.8, 4) is 5.75 Å². The highest BCUT2D eigenvalue weighted by Gasteiger charge is 2.39. The molecule has 0 radical (unpaired) electrons. The molecule has 0 spiro atoms. The Balaban J connectivity index is 1.85. The van der Waals surface area contributed by atoms with Crippen molar-refractivity contribution in [3.05, 3.63) is 82.2 Å². The number of hydrogen-bond donors (Lipinski definition) is 1. The van der Waals surface area contributed by atoms with Crippen molar-refractivity contribution in [2.75, 3.05) is 7.11 Å². The van der Waals surface area contributed by atoms with E-state index >= 15 is 0 Å². The van der Waals surface area contributed by atoms with Crippen LogP contribution in [0, 0.1) is 0 Å². The summed E-state index contributed by atoms with van der Waals surface area (Å²) in [5.41, 5.74) is 2.51. The van der Waals surface area contributed by atoms with E-state index in [1.54, 1.807) is 14.0 Å². The fourth-order valence-corrected chi connectivity index (χ4v) is 4.57. The van der Waals surface area contributed by atoms with Crippen LogP contribution in [0.2, 0.25) is 5.02 Å². The Bertz CT molecular complexity index is 1040. The fraction of sp³-hybridized carbons (Fsp3) is 0.143. The largest absolute Gasteiger partial charge is 0.496 e. The van der Waals surface area contributed by atoms with Gasteiger partial charge in [0.15, 0.2) is 5.17 Å². The number of halogens is 1. The van der Waals surface area contributed by atoms with Gasteiger partial charge in [0.2, 0.25) is 0 Å². The number of ether oxygens (including phenoxy) is 1. The summed E-state index contributed by atoms with van der Waals surface area (Å²) in [6.07, 6.45) is 1.94. The van der Waals surface area contributed by atoms with Gasteiger partial charge < -0.3 is 14.7 Å². The van der Waals surface area contributed by atoms with Crippen molar-refractivity contribution in [2.45, 2.75) is 13.0 Å². The third kappa shape index (κ3) is 3.19. The van der Waals surface area contributed by atoms with Gasteiger partial charge in [-0.05, 0) is 42.4 Å². The first-order valence-electron chi connectivity index (χ1n) is 8.59. The molecule has 0 amide bonds. The van der Waals surface area contributed by atoms with Crippen molar-refractivity contribution in [2.24, 2.45) is 4.99 Å². The number of amidine groups is 1. The van der Waals surface area contributed by atoms with Crippen LogP contribution in [0.5, 0.6) is 5.75 Å². The first-order valence-corrected chi connectivity index (χ1v) is 9.78. The van der Waals surface area contributed by atoms with Gasteiger partial charge in [-0.2, -0.15) is 0 Å². The number of carboxylic acid groups (broad SMARTS) is 1.